The van der Waals surface area contributed by atoms with E-state index in [4.69, 9.17) is 4.74 Å². The van der Waals surface area contributed by atoms with E-state index in [0.29, 0.717) is 19.1 Å². The lowest BCUT2D eigenvalue weighted by Crippen LogP contribution is -2.36. The van der Waals surface area contributed by atoms with Gasteiger partial charge in [-0.2, -0.15) is 0 Å². The van der Waals surface area contributed by atoms with Crippen molar-refractivity contribution in [3.05, 3.63) is 45.9 Å². The largest absolute Gasteiger partial charge is 0.491 e. The summed E-state index contributed by atoms with van der Waals surface area (Å²) >= 11 is 1.73. The van der Waals surface area contributed by atoms with Gasteiger partial charge in [0.25, 0.3) is 0 Å². The van der Waals surface area contributed by atoms with Gasteiger partial charge in [0.1, 0.15) is 18.5 Å². The van der Waals surface area contributed by atoms with E-state index in [-0.39, 0.29) is 0 Å². The number of aliphatic hydroxyl groups is 1. The molecular weight excluding hydrogens is 382 g/mol. The number of nitrogens with zero attached hydrogens (tertiary/aromatic N) is 2. The van der Waals surface area contributed by atoms with Crippen LogP contribution in [-0.2, 0) is 13.1 Å². The van der Waals surface area contributed by atoms with Gasteiger partial charge in [-0.05, 0) is 43.6 Å². The summed E-state index contributed by atoms with van der Waals surface area (Å²) in [6, 6.07) is 8.10. The van der Waals surface area contributed by atoms with Gasteiger partial charge < -0.3 is 20.1 Å². The molecule has 5 nitrogen and oxygen atoms in total. The maximum absolute atomic E-state index is 10.3. The molecule has 0 amide bonds. The number of rotatable bonds is 10. The third kappa shape index (κ3) is 7.70. The number of aromatic nitrogens is 1. The monoisotopic (exact) mass is 417 g/mol. The van der Waals surface area contributed by atoms with Crippen molar-refractivity contribution in [1.82, 2.24) is 15.2 Å². The second-order valence-corrected chi connectivity index (χ2v) is 9.15. The molecule has 0 spiro atoms. The zero-order valence-electron chi connectivity index (χ0n) is 17.8. The molecule has 160 valence electrons. The van der Waals surface area contributed by atoms with Gasteiger partial charge in [-0.1, -0.05) is 38.8 Å². The minimum absolute atomic E-state index is 0.337. The van der Waals surface area contributed by atoms with E-state index in [0.717, 1.165) is 37.6 Å². The highest BCUT2D eigenvalue weighted by atomic mass is 32.1. The lowest BCUT2D eigenvalue weighted by atomic mass is 10.2. The molecule has 1 fully saturated rings. The summed E-state index contributed by atoms with van der Waals surface area (Å²) < 4.78 is 5.86. The molecular formula is C23H35N3O2S. The van der Waals surface area contributed by atoms with Crippen LogP contribution in [0.2, 0.25) is 0 Å². The van der Waals surface area contributed by atoms with Crippen LogP contribution in [0.3, 0.4) is 0 Å². The summed E-state index contributed by atoms with van der Waals surface area (Å²) in [5.74, 6) is 1.30. The van der Waals surface area contributed by atoms with Crippen molar-refractivity contribution in [3.63, 3.8) is 0 Å². The van der Waals surface area contributed by atoms with Crippen LogP contribution in [0, 0.1) is 0 Å². The number of benzene rings is 1. The van der Waals surface area contributed by atoms with Gasteiger partial charge in [0.2, 0.25) is 0 Å². The summed E-state index contributed by atoms with van der Waals surface area (Å²) in [5.41, 5.74) is 2.27. The summed E-state index contributed by atoms with van der Waals surface area (Å²) in [6.07, 6.45) is 4.65. The van der Waals surface area contributed by atoms with Crippen LogP contribution in [0.4, 0.5) is 0 Å². The highest BCUT2D eigenvalue weighted by molar-refractivity contribution is 7.09. The molecule has 0 radical (unpaired) electrons. The molecule has 0 aliphatic carbocycles. The van der Waals surface area contributed by atoms with Crippen LogP contribution in [0.5, 0.6) is 5.75 Å². The number of β-amino-alcohol motifs (C(OH)–C–C–N with tert-alkyl or cyclic N) is 1. The van der Waals surface area contributed by atoms with Crippen molar-refractivity contribution in [2.75, 3.05) is 26.2 Å². The highest BCUT2D eigenvalue weighted by Crippen LogP contribution is 2.19. The van der Waals surface area contributed by atoms with E-state index in [9.17, 15) is 5.11 Å². The van der Waals surface area contributed by atoms with Crippen molar-refractivity contribution >= 4 is 11.3 Å². The number of ether oxygens (including phenoxy) is 1. The van der Waals surface area contributed by atoms with Crippen molar-refractivity contribution in [3.8, 4) is 5.75 Å². The fraction of sp³-hybridized carbons (Fsp3) is 0.609. The average molecular weight is 418 g/mol. The van der Waals surface area contributed by atoms with Gasteiger partial charge >= 0.3 is 0 Å². The molecule has 29 heavy (non-hydrogen) atoms. The van der Waals surface area contributed by atoms with Crippen LogP contribution in [-0.4, -0.2) is 47.3 Å². The molecule has 1 aromatic heterocycles. The van der Waals surface area contributed by atoms with Crippen LogP contribution >= 0.6 is 11.3 Å². The number of nitrogens with one attached hydrogen (secondary N) is 1. The first-order valence-corrected chi connectivity index (χ1v) is 11.8. The molecule has 2 N–H and O–H groups in total. The normalized spacial score (nSPS) is 16.7. The summed E-state index contributed by atoms with van der Waals surface area (Å²) in [6.45, 7) is 9.10. The standard InChI is InChI=1S/C23H35N3O2S/c1-18(2)23-25-20(17-29-23)14-24-13-19-8-7-9-22(12-19)28-16-21(27)15-26-10-5-3-4-6-11-26/h7-9,12,17-18,21,24,27H,3-6,10-11,13-16H2,1-2H3/t21-/m0/s1. The number of thiazole rings is 1. The fourth-order valence-corrected chi connectivity index (χ4v) is 4.45. The Labute approximate surface area is 179 Å². The van der Waals surface area contributed by atoms with E-state index in [2.05, 4.69) is 40.5 Å². The molecule has 1 aromatic carbocycles. The topological polar surface area (TPSA) is 57.6 Å². The first-order valence-electron chi connectivity index (χ1n) is 10.9. The molecule has 1 aliphatic rings. The molecule has 1 aliphatic heterocycles. The van der Waals surface area contributed by atoms with Crippen molar-refractivity contribution in [2.24, 2.45) is 0 Å². The van der Waals surface area contributed by atoms with Crippen molar-refractivity contribution in [1.29, 1.82) is 0 Å². The number of aliphatic hydroxyl groups excluding tert-OH is 1. The smallest absolute Gasteiger partial charge is 0.119 e. The Morgan fingerprint density at radius 2 is 1.97 bits per heavy atom. The average Bonchev–Trinajstić information content (AvgIpc) is 3.04. The summed E-state index contributed by atoms with van der Waals surface area (Å²) in [5, 5.41) is 17.1. The van der Waals surface area contributed by atoms with E-state index in [1.807, 2.05) is 18.2 Å². The Balaban J connectivity index is 1.40. The van der Waals surface area contributed by atoms with E-state index >= 15 is 0 Å². The molecule has 2 aromatic rings. The zero-order chi connectivity index (χ0) is 20.5. The Bertz CT molecular complexity index is 726. The maximum Gasteiger partial charge on any atom is 0.119 e. The van der Waals surface area contributed by atoms with Crippen LogP contribution < -0.4 is 10.1 Å². The van der Waals surface area contributed by atoms with Crippen LogP contribution in [0.25, 0.3) is 0 Å². The molecule has 0 unspecified atom stereocenters. The Hall–Kier alpha value is -1.47. The van der Waals surface area contributed by atoms with Gasteiger partial charge in [-0.15, -0.1) is 11.3 Å². The van der Waals surface area contributed by atoms with Gasteiger partial charge in [-0.3, -0.25) is 0 Å². The fourth-order valence-electron chi connectivity index (χ4n) is 3.61. The van der Waals surface area contributed by atoms with Crippen molar-refractivity contribution in [2.45, 2.75) is 64.6 Å². The van der Waals surface area contributed by atoms with Crippen molar-refractivity contribution < 1.29 is 9.84 Å². The van der Waals surface area contributed by atoms with Gasteiger partial charge in [0.05, 0.1) is 10.7 Å². The summed E-state index contributed by atoms with van der Waals surface area (Å²) in [4.78, 5) is 7.03. The minimum atomic E-state index is -0.449. The van der Waals surface area contributed by atoms with Crippen LogP contribution in [0.1, 0.15) is 61.7 Å². The second-order valence-electron chi connectivity index (χ2n) is 8.26. The number of hydrogen-bond donors (Lipinski definition) is 2. The first kappa shape index (κ1) is 22.2. The molecule has 1 atom stereocenters. The minimum Gasteiger partial charge on any atom is -0.491 e. The lowest BCUT2D eigenvalue weighted by Gasteiger charge is -2.23. The summed E-state index contributed by atoms with van der Waals surface area (Å²) in [7, 11) is 0. The first-order chi connectivity index (χ1) is 14.1. The van der Waals surface area contributed by atoms with Gasteiger partial charge in [0.15, 0.2) is 0 Å². The van der Waals surface area contributed by atoms with Gasteiger partial charge in [-0.25, -0.2) is 4.98 Å². The Morgan fingerprint density at radius 1 is 1.17 bits per heavy atom. The predicted molar refractivity (Wildman–Crippen MR) is 120 cm³/mol. The molecule has 0 bridgehead atoms. The number of hydrogen-bond acceptors (Lipinski definition) is 6. The number of likely N-dealkylation sites (tertiary alicyclic amines) is 1. The second kappa shape index (κ2) is 11.6. The predicted octanol–water partition coefficient (Wildman–Crippen LogP) is 4.17. The molecule has 1 saturated heterocycles. The van der Waals surface area contributed by atoms with E-state index in [1.165, 1.54) is 36.3 Å². The molecule has 3 rings (SSSR count). The molecule has 2 heterocycles. The van der Waals surface area contributed by atoms with Gasteiger partial charge in [0, 0.05) is 30.9 Å². The van der Waals surface area contributed by atoms with E-state index in [1.54, 1.807) is 11.3 Å². The SMILES string of the molecule is CC(C)c1nc(CNCc2cccc(OC[C@@H](O)CN3CCCCCC3)c2)cs1. The van der Waals surface area contributed by atoms with E-state index < -0.39 is 6.10 Å². The third-order valence-electron chi connectivity index (χ3n) is 5.21. The molecule has 6 heteroatoms. The highest BCUT2D eigenvalue weighted by Gasteiger charge is 2.14. The maximum atomic E-state index is 10.3. The third-order valence-corrected chi connectivity index (χ3v) is 6.40. The van der Waals surface area contributed by atoms with Crippen LogP contribution in [0.15, 0.2) is 29.6 Å². The Kier molecular flexibility index (Phi) is 8.92. The molecule has 0 saturated carbocycles. The lowest BCUT2D eigenvalue weighted by molar-refractivity contribution is 0.0693. The quantitative estimate of drug-likeness (QED) is 0.608. The zero-order valence-corrected chi connectivity index (χ0v) is 18.6. The Morgan fingerprint density at radius 3 is 2.69 bits per heavy atom.